The first kappa shape index (κ1) is 20.6. The number of ether oxygens (including phenoxy) is 1. The number of esters is 1. The van der Waals surface area contributed by atoms with Crippen LogP contribution in [0.2, 0.25) is 5.02 Å². The normalized spacial score (nSPS) is 10.9. The summed E-state index contributed by atoms with van der Waals surface area (Å²) in [6, 6.07) is 14.4. The molecule has 0 aliphatic carbocycles. The van der Waals surface area contributed by atoms with Gasteiger partial charge in [-0.3, -0.25) is 0 Å². The Hall–Kier alpha value is -2.68. The third kappa shape index (κ3) is 5.08. The van der Waals surface area contributed by atoms with E-state index in [1.165, 1.54) is 0 Å². The minimum absolute atomic E-state index is 0.105. The van der Waals surface area contributed by atoms with Crippen molar-refractivity contribution in [2.75, 3.05) is 0 Å². The zero-order valence-corrected chi connectivity index (χ0v) is 18.3. The van der Waals surface area contributed by atoms with E-state index in [0.29, 0.717) is 22.2 Å². The zero-order chi connectivity index (χ0) is 20.9. The zero-order valence-electron chi connectivity index (χ0n) is 15.9. The van der Waals surface area contributed by atoms with Crippen LogP contribution in [0, 0.1) is 6.92 Å². The Kier molecular flexibility index (Phi) is 6.47. The molecule has 0 saturated heterocycles. The monoisotopic (exact) mass is 457 g/mol. The molecular formula is C21H16ClN3O3S2. The van der Waals surface area contributed by atoms with Gasteiger partial charge in [-0.1, -0.05) is 41.6 Å². The van der Waals surface area contributed by atoms with Gasteiger partial charge in [0.2, 0.25) is 5.89 Å². The number of hydrogen-bond donors (Lipinski definition) is 0. The lowest BCUT2D eigenvalue weighted by Crippen LogP contribution is -2.08. The molecule has 0 aliphatic rings. The van der Waals surface area contributed by atoms with Gasteiger partial charge in [-0.25, -0.2) is 9.78 Å². The second-order valence-electron chi connectivity index (χ2n) is 6.28. The Labute approximate surface area is 186 Å². The van der Waals surface area contributed by atoms with Crippen molar-refractivity contribution >= 4 is 40.7 Å². The Balaban J connectivity index is 1.39. The minimum Gasteiger partial charge on any atom is -0.452 e. The van der Waals surface area contributed by atoms with Crippen molar-refractivity contribution in [3.63, 3.8) is 0 Å². The van der Waals surface area contributed by atoms with Crippen LogP contribution in [0.5, 0.6) is 0 Å². The van der Waals surface area contributed by atoms with Crippen molar-refractivity contribution < 1.29 is 13.9 Å². The van der Waals surface area contributed by atoms with Crippen LogP contribution in [-0.2, 0) is 17.1 Å². The molecule has 0 unspecified atom stereocenters. The molecule has 6 nitrogen and oxygen atoms in total. The van der Waals surface area contributed by atoms with Gasteiger partial charge < -0.3 is 9.15 Å². The average Bonchev–Trinajstić information content (AvgIpc) is 3.40. The van der Waals surface area contributed by atoms with Gasteiger partial charge in [0.1, 0.15) is 4.34 Å². The maximum absolute atomic E-state index is 12.6. The highest BCUT2D eigenvalue weighted by Gasteiger charge is 2.16. The summed E-state index contributed by atoms with van der Waals surface area (Å²) in [5.74, 6) is 0.749. The summed E-state index contributed by atoms with van der Waals surface area (Å²) in [5, 5.41) is 10.6. The number of aromatic nitrogens is 3. The lowest BCUT2D eigenvalue weighted by molar-refractivity contribution is 0.0437. The number of carbonyl (C=O) groups is 1. The predicted octanol–water partition coefficient (Wildman–Crippen LogP) is 5.80. The number of carbonyl (C=O) groups excluding carboxylic acids is 1. The molecule has 0 spiro atoms. The quantitative estimate of drug-likeness (QED) is 0.256. The van der Waals surface area contributed by atoms with Crippen molar-refractivity contribution in [3.05, 3.63) is 81.6 Å². The second-order valence-corrected chi connectivity index (χ2v) is 8.80. The molecule has 0 bridgehead atoms. The third-order valence-electron chi connectivity index (χ3n) is 4.07. The van der Waals surface area contributed by atoms with Gasteiger partial charge in [0.05, 0.1) is 5.56 Å². The highest BCUT2D eigenvalue weighted by molar-refractivity contribution is 8.00. The molecular weight excluding hydrogens is 442 g/mol. The maximum atomic E-state index is 12.6. The van der Waals surface area contributed by atoms with E-state index in [1.54, 1.807) is 53.4 Å². The first-order valence-corrected chi connectivity index (χ1v) is 11.2. The van der Waals surface area contributed by atoms with Crippen molar-refractivity contribution in [3.8, 4) is 11.5 Å². The fourth-order valence-electron chi connectivity index (χ4n) is 2.61. The number of thioether (sulfide) groups is 1. The van der Waals surface area contributed by atoms with Crippen LogP contribution in [0.25, 0.3) is 11.5 Å². The van der Waals surface area contributed by atoms with Gasteiger partial charge in [-0.15, -0.1) is 21.5 Å². The molecule has 0 N–H and O–H groups in total. The molecule has 4 aromatic rings. The number of benzene rings is 2. The summed E-state index contributed by atoms with van der Waals surface area (Å²) in [6.07, 6.45) is 0. The molecule has 0 amide bonds. The molecule has 0 atom stereocenters. The summed E-state index contributed by atoms with van der Waals surface area (Å²) >= 11 is 9.07. The third-order valence-corrected chi connectivity index (χ3v) is 6.51. The van der Waals surface area contributed by atoms with Gasteiger partial charge in [0.25, 0.3) is 5.89 Å². The number of rotatable bonds is 7. The molecule has 0 radical (unpaired) electrons. The van der Waals surface area contributed by atoms with E-state index in [9.17, 15) is 4.79 Å². The van der Waals surface area contributed by atoms with E-state index >= 15 is 0 Å². The Morgan fingerprint density at radius 2 is 1.97 bits per heavy atom. The molecule has 0 saturated carbocycles. The highest BCUT2D eigenvalue weighted by Crippen LogP contribution is 2.27. The van der Waals surface area contributed by atoms with Gasteiger partial charge in [-0.05, 0) is 42.8 Å². The summed E-state index contributed by atoms with van der Waals surface area (Å²) in [6.45, 7) is 1.86. The van der Waals surface area contributed by atoms with E-state index < -0.39 is 5.97 Å². The first-order valence-electron chi connectivity index (χ1n) is 8.97. The highest BCUT2D eigenvalue weighted by atomic mass is 35.5. The molecule has 2 heterocycles. The molecule has 0 fully saturated rings. The van der Waals surface area contributed by atoms with Gasteiger partial charge in [0, 0.05) is 27.4 Å². The molecule has 2 aromatic heterocycles. The van der Waals surface area contributed by atoms with Crippen LogP contribution in [0.1, 0.15) is 27.5 Å². The molecule has 0 aliphatic heterocycles. The van der Waals surface area contributed by atoms with Crippen LogP contribution in [-0.4, -0.2) is 21.2 Å². The smallest absolute Gasteiger partial charge is 0.338 e. The van der Waals surface area contributed by atoms with Crippen molar-refractivity contribution in [2.45, 2.75) is 23.6 Å². The van der Waals surface area contributed by atoms with Gasteiger partial charge in [-0.2, -0.15) is 0 Å². The van der Waals surface area contributed by atoms with E-state index in [1.807, 2.05) is 30.5 Å². The average molecular weight is 458 g/mol. The van der Waals surface area contributed by atoms with Crippen LogP contribution < -0.4 is 0 Å². The summed E-state index contributed by atoms with van der Waals surface area (Å²) in [4.78, 5) is 17.1. The van der Waals surface area contributed by atoms with Crippen molar-refractivity contribution in [2.24, 2.45) is 0 Å². The fraction of sp³-hybridized carbons (Fsp3) is 0.143. The lowest BCUT2D eigenvalue weighted by Gasteiger charge is -2.07. The van der Waals surface area contributed by atoms with Crippen LogP contribution in [0.4, 0.5) is 0 Å². The maximum Gasteiger partial charge on any atom is 0.338 e. The Morgan fingerprint density at radius 1 is 1.17 bits per heavy atom. The number of hydrogen-bond acceptors (Lipinski definition) is 8. The summed E-state index contributed by atoms with van der Waals surface area (Å²) < 4.78 is 11.9. The Bertz CT molecular complexity index is 1160. The predicted molar refractivity (Wildman–Crippen MR) is 117 cm³/mol. The summed E-state index contributed by atoms with van der Waals surface area (Å²) in [7, 11) is 0. The standard InChI is InChI=1S/C21H16ClN3O3S2/c1-13-11-29-21(23-13)30-12-15-4-2-3-5-17(15)20(26)27-10-18-24-25-19(28-18)14-6-8-16(22)9-7-14/h2-9,11H,10,12H2,1H3. The SMILES string of the molecule is Cc1csc(SCc2ccccc2C(=O)OCc2nnc(-c3ccc(Cl)cc3)o2)n1. The number of thiazole rings is 1. The molecule has 30 heavy (non-hydrogen) atoms. The van der Waals surface area contributed by atoms with E-state index in [2.05, 4.69) is 15.2 Å². The van der Waals surface area contributed by atoms with Crippen molar-refractivity contribution in [1.82, 2.24) is 15.2 Å². The van der Waals surface area contributed by atoms with Crippen molar-refractivity contribution in [1.29, 1.82) is 0 Å². The number of nitrogens with zero attached hydrogens (tertiary/aromatic N) is 3. The molecule has 2 aromatic carbocycles. The van der Waals surface area contributed by atoms with Gasteiger partial charge >= 0.3 is 5.97 Å². The van der Waals surface area contributed by atoms with E-state index in [-0.39, 0.29) is 12.5 Å². The Morgan fingerprint density at radius 3 is 2.73 bits per heavy atom. The van der Waals surface area contributed by atoms with Crippen LogP contribution in [0.3, 0.4) is 0 Å². The minimum atomic E-state index is -0.437. The fourth-order valence-corrected chi connectivity index (χ4v) is 4.59. The second kappa shape index (κ2) is 9.42. The molecule has 4 rings (SSSR count). The first-order chi connectivity index (χ1) is 14.6. The van der Waals surface area contributed by atoms with E-state index in [0.717, 1.165) is 21.2 Å². The number of halogens is 1. The topological polar surface area (TPSA) is 78.1 Å². The van der Waals surface area contributed by atoms with Crippen LogP contribution in [0.15, 0.2) is 62.7 Å². The number of aryl methyl sites for hydroxylation is 1. The van der Waals surface area contributed by atoms with Crippen LogP contribution >= 0.6 is 34.7 Å². The molecule has 152 valence electrons. The lowest BCUT2D eigenvalue weighted by atomic mass is 10.1. The summed E-state index contributed by atoms with van der Waals surface area (Å²) in [5.41, 5.74) is 3.13. The largest absolute Gasteiger partial charge is 0.452 e. The van der Waals surface area contributed by atoms with Gasteiger partial charge in [0.15, 0.2) is 6.61 Å². The van der Waals surface area contributed by atoms with E-state index in [4.69, 9.17) is 20.8 Å². The molecule has 9 heteroatoms.